The predicted molar refractivity (Wildman–Crippen MR) is 272 cm³/mol. The van der Waals surface area contributed by atoms with Crippen molar-refractivity contribution in [2.24, 2.45) is 16.1 Å². The Bertz CT molecular complexity index is 3230. The summed E-state index contributed by atoms with van der Waals surface area (Å²) >= 11 is 4.50. The van der Waals surface area contributed by atoms with E-state index < -0.39 is 0 Å². The molecule has 14 nitrogen and oxygen atoms in total. The van der Waals surface area contributed by atoms with Crippen LogP contribution in [0.15, 0.2) is 119 Å². The predicted octanol–water partition coefficient (Wildman–Crippen LogP) is 11.5. The van der Waals surface area contributed by atoms with Gasteiger partial charge in [0.25, 0.3) is 0 Å². The molecule has 9 rings (SSSR count). The van der Waals surface area contributed by atoms with E-state index in [1.165, 1.54) is 13.3 Å². The number of aryl methyl sites for hydroxylation is 1. The van der Waals surface area contributed by atoms with Crippen molar-refractivity contribution in [2.45, 2.75) is 66.7 Å². The highest BCUT2D eigenvalue weighted by Gasteiger charge is 2.12. The monoisotopic (exact) mass is 901 g/mol. The van der Waals surface area contributed by atoms with Crippen LogP contribution in [0.1, 0.15) is 94.0 Å². The highest BCUT2D eigenvalue weighted by molar-refractivity contribution is 6.07. The average molecular weight is 903 g/mol. The van der Waals surface area contributed by atoms with Gasteiger partial charge in [-0.05, 0) is 61.6 Å². The molecule has 0 spiro atoms. The van der Waals surface area contributed by atoms with Crippen molar-refractivity contribution >= 4 is 102 Å². The average Bonchev–Trinajstić information content (AvgIpc) is 3.35. The molecule has 2 amide bonds. The molecule has 9 aromatic rings. The first-order chi connectivity index (χ1) is 32.1. The van der Waals surface area contributed by atoms with Crippen molar-refractivity contribution in [3.63, 3.8) is 0 Å². The lowest BCUT2D eigenvalue weighted by Gasteiger charge is -2.10. The molecule has 0 saturated carbocycles. The van der Waals surface area contributed by atoms with Crippen LogP contribution in [-0.2, 0) is 4.29 Å². The lowest BCUT2D eigenvalue weighted by Crippen LogP contribution is -2.30. The molecule has 1 atom stereocenters. The molecule has 0 bridgehead atoms. The van der Waals surface area contributed by atoms with Crippen LogP contribution in [0.4, 0.5) is 4.53 Å². The molecule has 0 aliphatic heterocycles. The van der Waals surface area contributed by atoms with Gasteiger partial charge in [0.15, 0.2) is 0 Å². The van der Waals surface area contributed by atoms with Crippen molar-refractivity contribution in [3.05, 3.63) is 143 Å². The maximum absolute atomic E-state index is 7.33. The van der Waals surface area contributed by atoms with E-state index in [1.54, 1.807) is 12.4 Å². The van der Waals surface area contributed by atoms with Gasteiger partial charge in [0.2, 0.25) is 0 Å². The highest BCUT2D eigenvalue weighted by atomic mass is 35.5. The van der Waals surface area contributed by atoms with Crippen LogP contribution in [0.25, 0.3) is 65.4 Å². The first kappa shape index (κ1) is 47.9. The van der Waals surface area contributed by atoms with E-state index in [0.29, 0.717) is 28.9 Å². The maximum Gasteiger partial charge on any atom is 0.586 e. The number of hydrazone groups is 2. The fourth-order valence-electron chi connectivity index (χ4n) is 6.90. The second-order valence-electron chi connectivity index (χ2n) is 15.2. The number of hydrogen-bond donors (Lipinski definition) is 4. The smallest absolute Gasteiger partial charge is 0.307 e. The molecule has 6 aromatic heterocycles. The Morgan fingerprint density at radius 3 is 1.38 bits per heavy atom. The number of carbonyl (C=O) groups excluding carboxylic acids is 1. The van der Waals surface area contributed by atoms with Gasteiger partial charge in [-0.2, -0.15) is 21.1 Å². The zero-order chi connectivity index (χ0) is 47.2. The van der Waals surface area contributed by atoms with Gasteiger partial charge >= 0.3 is 6.03 Å². The van der Waals surface area contributed by atoms with Gasteiger partial charge in [-0.25, -0.2) is 15.0 Å². The third-order valence-electron chi connectivity index (χ3n) is 10.5. The number of amides is 2. The molecular weight excluding hydrogens is 848 g/mol. The Morgan fingerprint density at radius 1 is 0.606 bits per heavy atom. The molecule has 3 aromatic carbocycles. The van der Waals surface area contributed by atoms with E-state index in [0.717, 1.165) is 88.9 Å². The molecular formula is C51H54ClN12O2+. The second-order valence-corrected chi connectivity index (χ2v) is 15.5. The summed E-state index contributed by atoms with van der Waals surface area (Å²) < 4.78 is 8.57. The molecule has 0 saturated heterocycles. The van der Waals surface area contributed by atoms with Gasteiger partial charge in [0.05, 0.1) is 81.6 Å². The quantitative estimate of drug-likeness (QED) is 0.0500. The summed E-state index contributed by atoms with van der Waals surface area (Å²) in [6.07, 6.45) is 5.43. The highest BCUT2D eigenvalue weighted by Crippen LogP contribution is 2.27. The van der Waals surface area contributed by atoms with E-state index in [-0.39, 0.29) is 6.03 Å². The summed E-state index contributed by atoms with van der Waals surface area (Å²) in [6, 6.07) is 36.3. The number of nitrogens with two attached hydrogens (primary N) is 1. The van der Waals surface area contributed by atoms with E-state index in [2.05, 4.69) is 123 Å². The van der Waals surface area contributed by atoms with Gasteiger partial charge in [-0.1, -0.05) is 125 Å². The van der Waals surface area contributed by atoms with Crippen LogP contribution < -0.4 is 16.7 Å². The molecule has 0 fully saturated rings. The first-order valence-corrected chi connectivity index (χ1v) is 22.0. The van der Waals surface area contributed by atoms with Crippen molar-refractivity contribution in [3.8, 4) is 0 Å². The summed E-state index contributed by atoms with van der Waals surface area (Å²) in [5.41, 5.74) is 15.6. The van der Waals surface area contributed by atoms with Gasteiger partial charge in [-0.3, -0.25) is 19.2 Å². The number of halogens is 1. The number of urea groups is 1. The Labute approximate surface area is 388 Å². The van der Waals surface area contributed by atoms with Crippen molar-refractivity contribution in [1.29, 1.82) is 5.41 Å². The van der Waals surface area contributed by atoms with Crippen LogP contribution >= 0.6 is 11.9 Å². The van der Waals surface area contributed by atoms with Crippen molar-refractivity contribution in [2.75, 3.05) is 7.11 Å². The third-order valence-corrected chi connectivity index (χ3v) is 10.5. The van der Waals surface area contributed by atoms with Crippen molar-refractivity contribution < 1.29 is 8.81 Å². The Kier molecular flexibility index (Phi) is 16.6. The molecule has 0 aliphatic rings. The standard InChI is InChI=1S/C32H30N9O.C16H15N3.C2H6.CH3ClO/c1-4-19(2)27-16-13-24-10-9-23-12-15-26(38-30(23)31(24)39-27)18-35-41-32(42-33)40-34-17-25-14-11-22-8-7-21-6-5-20(3)36-28(21)29(22)37-25;1-10(2)14-8-6-12-4-3-11-5-7-13(9-17)18-15(11)16(12)19-14;1-2;1-3-2/h5-19,40-41H,4,33H2,1-3H3;3-10,17H,1-2H3;1-2H3;1H3/q+1;;;/b34-17+,35-18+;;;. The Balaban J connectivity index is 0.000000249. The SMILES string of the molecule is CC.CC(C)c1ccc2ccc3ccc(C=N)nc3c2n1.CCC(C)c1ccc2ccc3ccc(/C=N/NC(N/N=C/c4ccc5ccc6ccc(C)nc6c5n4)=[O+]N)nc3c2n1.COCl. The molecule has 6 heterocycles. The normalized spacial score (nSPS) is 12.0. The summed E-state index contributed by atoms with van der Waals surface area (Å²) in [4.78, 5) is 28.4. The van der Waals surface area contributed by atoms with Crippen LogP contribution in [-0.4, -0.2) is 61.7 Å². The van der Waals surface area contributed by atoms with Gasteiger partial charge in [0.1, 0.15) is 0 Å². The third kappa shape index (κ3) is 11.4. The van der Waals surface area contributed by atoms with Crippen LogP contribution in [0.5, 0.6) is 0 Å². The minimum Gasteiger partial charge on any atom is -0.307 e. The first-order valence-electron chi connectivity index (χ1n) is 21.7. The number of fused-ring (bicyclic) bond motifs is 9. The van der Waals surface area contributed by atoms with Crippen LogP contribution in [0.2, 0.25) is 0 Å². The number of hydrogen-bond acceptors (Lipinski definition) is 11. The Morgan fingerprint density at radius 2 is 0.955 bits per heavy atom. The molecule has 15 heteroatoms. The minimum atomic E-state index is 0.0251. The number of rotatable bonds is 8. The topological polar surface area (TPSA) is 197 Å². The summed E-state index contributed by atoms with van der Waals surface area (Å²) in [6.45, 7) is 14.6. The molecule has 0 aliphatic carbocycles. The summed E-state index contributed by atoms with van der Waals surface area (Å²) in [7, 11) is 1.39. The summed E-state index contributed by atoms with van der Waals surface area (Å²) in [5.74, 6) is 6.18. The number of nitrogens with zero attached hydrogens (tertiary/aromatic N) is 8. The largest absolute Gasteiger partial charge is 0.586 e. The lowest BCUT2D eigenvalue weighted by atomic mass is 10.0. The van der Waals surface area contributed by atoms with Crippen LogP contribution in [0.3, 0.4) is 0 Å². The number of pyridine rings is 6. The van der Waals surface area contributed by atoms with Crippen LogP contribution in [0, 0.1) is 12.3 Å². The fraction of sp³-hybridized carbons (Fsp3) is 0.216. The molecule has 5 N–H and O–H groups in total. The second kappa shape index (κ2) is 22.9. The minimum absolute atomic E-state index is 0.0251. The van der Waals surface area contributed by atoms with Gasteiger partial charge in [0, 0.05) is 55.6 Å². The van der Waals surface area contributed by atoms with Gasteiger partial charge in [-0.15, -0.1) is 0 Å². The molecule has 1 unspecified atom stereocenters. The van der Waals surface area contributed by atoms with E-state index >= 15 is 0 Å². The number of aromatic nitrogens is 6. The number of nitrogens with one attached hydrogen (secondary N) is 3. The lowest BCUT2D eigenvalue weighted by molar-refractivity contribution is -0.147. The van der Waals surface area contributed by atoms with Crippen molar-refractivity contribution in [1.82, 2.24) is 40.8 Å². The number of benzene rings is 3. The Hall–Kier alpha value is -7.55. The van der Waals surface area contributed by atoms with E-state index in [4.69, 9.17) is 35.8 Å². The maximum atomic E-state index is 7.33. The summed E-state index contributed by atoms with van der Waals surface area (Å²) in [5, 5.41) is 22.0. The fourth-order valence-corrected chi connectivity index (χ4v) is 6.90. The van der Waals surface area contributed by atoms with E-state index in [9.17, 15) is 0 Å². The zero-order valence-electron chi connectivity index (χ0n) is 38.3. The molecule has 66 heavy (non-hydrogen) atoms. The van der Waals surface area contributed by atoms with E-state index in [1.807, 2.05) is 81.4 Å². The molecule has 336 valence electrons. The van der Waals surface area contributed by atoms with Gasteiger partial charge < -0.3 is 5.41 Å². The zero-order valence-corrected chi connectivity index (χ0v) is 39.1. The molecule has 0 radical (unpaired) electrons.